The summed E-state index contributed by atoms with van der Waals surface area (Å²) >= 11 is 0. The molecule has 1 aromatic heterocycles. The Morgan fingerprint density at radius 1 is 1.29 bits per heavy atom. The van der Waals surface area contributed by atoms with E-state index in [1.807, 2.05) is 0 Å². The molecule has 2 N–H and O–H groups in total. The third kappa shape index (κ3) is 5.37. The Labute approximate surface area is 169 Å². The third-order valence-corrected chi connectivity index (χ3v) is 4.55. The zero-order valence-corrected chi connectivity index (χ0v) is 16.6. The molecular weight excluding hydrogens is 385 g/mol. The minimum Gasteiger partial charge on any atom is -0.350 e. The fourth-order valence-corrected chi connectivity index (χ4v) is 3.10. The maximum atomic E-state index is 14.1. The van der Waals surface area contributed by atoms with Gasteiger partial charge in [0.25, 0.3) is 5.91 Å². The molecule has 0 atom stereocenters. The molecule has 0 bridgehead atoms. The molecule has 0 aliphatic carbocycles. The number of para-hydroxylation sites is 1. The van der Waals surface area contributed by atoms with Crippen molar-refractivity contribution in [3.8, 4) is 5.69 Å². The van der Waals surface area contributed by atoms with Crippen LogP contribution < -0.4 is 16.1 Å². The lowest BCUT2D eigenvalue weighted by atomic mass is 10.2. The highest BCUT2D eigenvalue weighted by atomic mass is 35.5. The van der Waals surface area contributed by atoms with E-state index in [9.17, 15) is 14.0 Å². The number of benzene rings is 1. The fraction of sp³-hybridized carbons (Fsp3) is 0.421. The molecule has 3 rings (SSSR count). The summed E-state index contributed by atoms with van der Waals surface area (Å²) in [6.45, 7) is 6.96. The van der Waals surface area contributed by atoms with E-state index in [1.54, 1.807) is 25.1 Å². The van der Waals surface area contributed by atoms with Crippen molar-refractivity contribution in [3.05, 3.63) is 57.8 Å². The van der Waals surface area contributed by atoms with Crippen LogP contribution >= 0.6 is 12.4 Å². The molecule has 1 aliphatic rings. The molecule has 2 heterocycles. The second-order valence-electron chi connectivity index (χ2n) is 6.56. The first-order chi connectivity index (χ1) is 13.1. The van der Waals surface area contributed by atoms with Crippen molar-refractivity contribution in [2.45, 2.75) is 13.3 Å². The van der Waals surface area contributed by atoms with Crippen molar-refractivity contribution in [2.24, 2.45) is 0 Å². The van der Waals surface area contributed by atoms with Crippen LogP contribution in [0.15, 0.2) is 35.1 Å². The van der Waals surface area contributed by atoms with E-state index in [2.05, 4.69) is 20.6 Å². The first-order valence-electron chi connectivity index (χ1n) is 9.13. The summed E-state index contributed by atoms with van der Waals surface area (Å²) in [5, 5.41) is 10.1. The van der Waals surface area contributed by atoms with E-state index in [1.165, 1.54) is 16.8 Å². The molecule has 2 aromatic rings. The number of carbonyl (C=O) groups is 1. The first kappa shape index (κ1) is 22.0. The molecule has 7 nitrogen and oxygen atoms in total. The van der Waals surface area contributed by atoms with Crippen LogP contribution in [0.3, 0.4) is 0 Å². The number of hydrogen-bond donors (Lipinski definition) is 2. The van der Waals surface area contributed by atoms with Gasteiger partial charge in [0.1, 0.15) is 11.5 Å². The molecule has 9 heteroatoms. The number of aromatic nitrogens is 2. The summed E-state index contributed by atoms with van der Waals surface area (Å²) < 4.78 is 15.3. The smallest absolute Gasteiger partial charge is 0.275 e. The molecule has 0 radical (unpaired) electrons. The lowest BCUT2D eigenvalue weighted by Gasteiger charge is -2.27. The minimum atomic E-state index is -0.537. The van der Waals surface area contributed by atoms with Gasteiger partial charge in [-0.25, -0.2) is 9.07 Å². The Hall–Kier alpha value is -2.29. The van der Waals surface area contributed by atoms with E-state index in [0.717, 1.165) is 39.1 Å². The average Bonchev–Trinajstić information content (AvgIpc) is 2.67. The number of carbonyl (C=O) groups excluding carboxylic acids is 1. The van der Waals surface area contributed by atoms with Gasteiger partial charge in [-0.05, 0) is 32.0 Å². The predicted octanol–water partition coefficient (Wildman–Crippen LogP) is 1.13. The summed E-state index contributed by atoms with van der Waals surface area (Å²) in [5.41, 5.74) is -0.0474. The van der Waals surface area contributed by atoms with Crippen molar-refractivity contribution >= 4 is 18.3 Å². The molecule has 0 unspecified atom stereocenters. The highest BCUT2D eigenvalue weighted by Crippen LogP contribution is 2.13. The predicted molar refractivity (Wildman–Crippen MR) is 108 cm³/mol. The van der Waals surface area contributed by atoms with Gasteiger partial charge in [-0.3, -0.25) is 9.59 Å². The van der Waals surface area contributed by atoms with Crippen molar-refractivity contribution in [1.29, 1.82) is 0 Å². The average molecular weight is 410 g/mol. The number of piperazine rings is 1. The van der Waals surface area contributed by atoms with Crippen LogP contribution in [0.1, 0.15) is 22.6 Å². The SMILES string of the molecule is Cc1cc(=O)c(C(=O)NCCCN2CCNCC2)nn1-c1ccccc1F.Cl. The van der Waals surface area contributed by atoms with Gasteiger partial charge in [0, 0.05) is 44.5 Å². The molecule has 1 fully saturated rings. The topological polar surface area (TPSA) is 79.3 Å². The normalized spacial score (nSPS) is 14.4. The van der Waals surface area contributed by atoms with E-state index in [4.69, 9.17) is 0 Å². The zero-order chi connectivity index (χ0) is 19.2. The number of amides is 1. The number of aryl methyl sites for hydroxylation is 1. The van der Waals surface area contributed by atoms with Crippen LogP contribution in [0.5, 0.6) is 0 Å². The molecule has 1 aliphatic heterocycles. The Morgan fingerprint density at radius 2 is 2.00 bits per heavy atom. The van der Waals surface area contributed by atoms with E-state index < -0.39 is 17.2 Å². The monoisotopic (exact) mass is 409 g/mol. The molecule has 1 aromatic carbocycles. The van der Waals surface area contributed by atoms with Crippen LogP contribution in [-0.2, 0) is 0 Å². The number of hydrogen-bond acceptors (Lipinski definition) is 5. The number of rotatable bonds is 6. The summed E-state index contributed by atoms with van der Waals surface area (Å²) in [4.78, 5) is 26.9. The van der Waals surface area contributed by atoms with E-state index in [0.29, 0.717) is 12.2 Å². The molecule has 0 saturated carbocycles. The number of nitrogens with one attached hydrogen (secondary N) is 2. The van der Waals surface area contributed by atoms with Crippen molar-refractivity contribution in [2.75, 3.05) is 39.3 Å². The molecule has 1 saturated heterocycles. The van der Waals surface area contributed by atoms with Crippen LogP contribution in [0.4, 0.5) is 4.39 Å². The molecular formula is C19H25ClFN5O2. The highest BCUT2D eigenvalue weighted by molar-refractivity contribution is 5.92. The third-order valence-electron chi connectivity index (χ3n) is 4.55. The Bertz CT molecular complexity index is 868. The first-order valence-corrected chi connectivity index (χ1v) is 9.13. The summed E-state index contributed by atoms with van der Waals surface area (Å²) in [6.07, 6.45) is 0.791. The maximum Gasteiger partial charge on any atom is 0.275 e. The molecule has 28 heavy (non-hydrogen) atoms. The Kier molecular flexibility index (Phi) is 8.10. The van der Waals surface area contributed by atoms with Crippen LogP contribution in [-0.4, -0.2) is 59.9 Å². The van der Waals surface area contributed by atoms with Crippen LogP contribution in [0, 0.1) is 12.7 Å². The zero-order valence-electron chi connectivity index (χ0n) is 15.8. The molecule has 152 valence electrons. The van der Waals surface area contributed by atoms with E-state index in [-0.39, 0.29) is 23.8 Å². The lowest BCUT2D eigenvalue weighted by molar-refractivity contribution is 0.0943. The highest BCUT2D eigenvalue weighted by Gasteiger charge is 2.16. The Balaban J connectivity index is 0.00000280. The fourth-order valence-electron chi connectivity index (χ4n) is 3.10. The number of halogens is 2. The number of nitrogens with zero attached hydrogens (tertiary/aromatic N) is 3. The van der Waals surface area contributed by atoms with Crippen LogP contribution in [0.25, 0.3) is 5.69 Å². The van der Waals surface area contributed by atoms with Crippen LogP contribution in [0.2, 0.25) is 0 Å². The van der Waals surface area contributed by atoms with Gasteiger partial charge >= 0.3 is 0 Å². The van der Waals surface area contributed by atoms with Gasteiger partial charge < -0.3 is 15.5 Å². The summed E-state index contributed by atoms with van der Waals surface area (Å²) in [5.74, 6) is -1.01. The van der Waals surface area contributed by atoms with Crippen molar-refractivity contribution in [3.63, 3.8) is 0 Å². The van der Waals surface area contributed by atoms with Gasteiger partial charge in [-0.1, -0.05) is 12.1 Å². The van der Waals surface area contributed by atoms with E-state index >= 15 is 0 Å². The second-order valence-corrected chi connectivity index (χ2v) is 6.56. The summed E-state index contributed by atoms with van der Waals surface area (Å²) in [7, 11) is 0. The Morgan fingerprint density at radius 3 is 2.71 bits per heavy atom. The van der Waals surface area contributed by atoms with Crippen molar-refractivity contribution in [1.82, 2.24) is 25.3 Å². The van der Waals surface area contributed by atoms with Crippen molar-refractivity contribution < 1.29 is 9.18 Å². The van der Waals surface area contributed by atoms with Gasteiger partial charge in [0.15, 0.2) is 5.69 Å². The quantitative estimate of drug-likeness (QED) is 0.699. The minimum absolute atomic E-state index is 0. The maximum absolute atomic E-state index is 14.1. The second kappa shape index (κ2) is 10.3. The molecule has 1 amide bonds. The summed E-state index contributed by atoms with van der Waals surface area (Å²) in [6, 6.07) is 7.41. The largest absolute Gasteiger partial charge is 0.350 e. The lowest BCUT2D eigenvalue weighted by Crippen LogP contribution is -2.44. The van der Waals surface area contributed by atoms with Gasteiger partial charge in [0.2, 0.25) is 5.43 Å². The standard InChI is InChI=1S/C19H24FN5O2.ClH/c1-14-13-17(26)18(23-25(14)16-6-3-2-5-15(16)20)19(27)22-7-4-10-24-11-8-21-9-12-24;/h2-3,5-6,13,21H,4,7-12H2,1H3,(H,22,27);1H. The van der Waals surface area contributed by atoms with Gasteiger partial charge in [-0.15, -0.1) is 12.4 Å². The molecule has 0 spiro atoms. The van der Waals surface area contributed by atoms with Gasteiger partial charge in [-0.2, -0.15) is 5.10 Å². The van der Waals surface area contributed by atoms with Gasteiger partial charge in [0.05, 0.1) is 0 Å².